The van der Waals surface area contributed by atoms with E-state index in [2.05, 4.69) is 29.5 Å². The molecule has 0 saturated carbocycles. The zero-order chi connectivity index (χ0) is 16.4. The van der Waals surface area contributed by atoms with E-state index >= 15 is 0 Å². The van der Waals surface area contributed by atoms with Crippen LogP contribution in [0.15, 0.2) is 29.3 Å². The van der Waals surface area contributed by atoms with E-state index in [0.717, 1.165) is 24.5 Å². The van der Waals surface area contributed by atoms with Crippen molar-refractivity contribution in [2.45, 2.75) is 46.2 Å². The number of guanidine groups is 1. The molecular weight excluding hydrogens is 288 g/mol. The summed E-state index contributed by atoms with van der Waals surface area (Å²) in [6, 6.07) is 7.40. The summed E-state index contributed by atoms with van der Waals surface area (Å²) in [4.78, 5) is 4.50. The molecule has 2 N–H and O–H groups in total. The summed E-state index contributed by atoms with van der Waals surface area (Å²) in [6.45, 7) is 6.84. The third-order valence-corrected chi connectivity index (χ3v) is 3.03. The zero-order valence-corrected chi connectivity index (χ0v) is 13.4. The van der Waals surface area contributed by atoms with Crippen LogP contribution in [0.5, 0.6) is 5.75 Å². The third-order valence-electron chi connectivity index (χ3n) is 3.03. The van der Waals surface area contributed by atoms with Crippen LogP contribution in [0.4, 0.5) is 8.78 Å². The second kappa shape index (κ2) is 9.97. The third kappa shape index (κ3) is 7.24. The Bertz CT molecular complexity index is 466. The lowest BCUT2D eigenvalue weighted by atomic mass is 10.2. The first-order valence-corrected chi connectivity index (χ1v) is 7.59. The van der Waals surface area contributed by atoms with Crippen molar-refractivity contribution in [2.24, 2.45) is 4.99 Å². The van der Waals surface area contributed by atoms with E-state index < -0.39 is 13.0 Å². The van der Waals surface area contributed by atoms with Crippen molar-refractivity contribution >= 4 is 5.96 Å². The molecule has 0 amide bonds. The van der Waals surface area contributed by atoms with Crippen LogP contribution in [0.2, 0.25) is 0 Å². The minimum absolute atomic E-state index is 0.332. The number of halogens is 2. The maximum atomic E-state index is 12.2. The van der Waals surface area contributed by atoms with Gasteiger partial charge in [0.15, 0.2) is 5.96 Å². The monoisotopic (exact) mass is 313 g/mol. The number of alkyl halides is 2. The van der Waals surface area contributed by atoms with E-state index in [0.29, 0.717) is 18.3 Å². The van der Waals surface area contributed by atoms with Gasteiger partial charge in [-0.05, 0) is 38.0 Å². The molecule has 0 bridgehead atoms. The molecule has 1 aromatic carbocycles. The van der Waals surface area contributed by atoms with E-state index in [1.165, 1.54) is 0 Å². The normalized spacial score (nSPS) is 13.1. The fourth-order valence-corrected chi connectivity index (χ4v) is 1.72. The molecule has 1 atom stereocenters. The summed E-state index contributed by atoms with van der Waals surface area (Å²) >= 11 is 0. The molecule has 22 heavy (non-hydrogen) atoms. The number of nitrogens with one attached hydrogen (secondary N) is 2. The quantitative estimate of drug-likeness (QED) is 0.572. The van der Waals surface area contributed by atoms with Gasteiger partial charge in [-0.25, -0.2) is 13.8 Å². The van der Waals surface area contributed by atoms with Gasteiger partial charge < -0.3 is 15.4 Å². The summed E-state index contributed by atoms with van der Waals surface area (Å²) < 4.78 is 29.3. The highest BCUT2D eigenvalue weighted by Gasteiger charge is 2.05. The van der Waals surface area contributed by atoms with Gasteiger partial charge in [0.25, 0.3) is 6.43 Å². The highest BCUT2D eigenvalue weighted by atomic mass is 19.3. The Morgan fingerprint density at radius 1 is 1.32 bits per heavy atom. The maximum absolute atomic E-state index is 12.2. The van der Waals surface area contributed by atoms with E-state index in [4.69, 9.17) is 4.74 Å². The number of hydrogen-bond acceptors (Lipinski definition) is 2. The lowest BCUT2D eigenvalue weighted by molar-refractivity contribution is 0.0818. The molecule has 0 aliphatic rings. The molecule has 0 saturated heterocycles. The van der Waals surface area contributed by atoms with Crippen molar-refractivity contribution in [3.63, 3.8) is 0 Å². The van der Waals surface area contributed by atoms with Crippen LogP contribution < -0.4 is 15.4 Å². The molecule has 0 heterocycles. The fourth-order valence-electron chi connectivity index (χ4n) is 1.72. The number of aliphatic imine (C=N–C) groups is 1. The van der Waals surface area contributed by atoms with Crippen molar-refractivity contribution in [1.29, 1.82) is 0 Å². The first-order chi connectivity index (χ1) is 10.5. The topological polar surface area (TPSA) is 45.7 Å². The Labute approximate surface area is 131 Å². The van der Waals surface area contributed by atoms with Crippen LogP contribution in [0, 0.1) is 0 Å². The van der Waals surface area contributed by atoms with Gasteiger partial charge in [-0.2, -0.15) is 0 Å². The molecule has 1 aromatic rings. The van der Waals surface area contributed by atoms with Gasteiger partial charge in [0.2, 0.25) is 0 Å². The van der Waals surface area contributed by atoms with Crippen molar-refractivity contribution in [3.8, 4) is 5.75 Å². The second-order valence-corrected chi connectivity index (χ2v) is 5.00. The molecule has 1 rings (SSSR count). The predicted molar refractivity (Wildman–Crippen MR) is 85.6 cm³/mol. The predicted octanol–water partition coefficient (Wildman–Crippen LogP) is 3.18. The molecule has 6 heteroatoms. The van der Waals surface area contributed by atoms with E-state index in [-0.39, 0.29) is 0 Å². The highest BCUT2D eigenvalue weighted by Crippen LogP contribution is 2.15. The van der Waals surface area contributed by atoms with Gasteiger partial charge >= 0.3 is 0 Å². The van der Waals surface area contributed by atoms with Gasteiger partial charge in [0, 0.05) is 12.6 Å². The molecule has 124 valence electrons. The smallest absolute Gasteiger partial charge is 0.272 e. The average Bonchev–Trinajstić information content (AvgIpc) is 2.51. The number of benzene rings is 1. The number of ether oxygens (including phenoxy) is 1. The minimum atomic E-state index is -2.47. The molecule has 0 spiro atoms. The lowest BCUT2D eigenvalue weighted by Crippen LogP contribution is -2.41. The second-order valence-electron chi connectivity index (χ2n) is 5.00. The largest absolute Gasteiger partial charge is 0.488 e. The molecule has 0 fully saturated rings. The van der Waals surface area contributed by atoms with Gasteiger partial charge in [0.1, 0.15) is 12.4 Å². The Morgan fingerprint density at radius 3 is 2.73 bits per heavy atom. The van der Waals surface area contributed by atoms with Crippen LogP contribution >= 0.6 is 0 Å². The van der Waals surface area contributed by atoms with Gasteiger partial charge in [-0.1, -0.05) is 19.1 Å². The molecule has 0 aliphatic heterocycles. The zero-order valence-electron chi connectivity index (χ0n) is 13.4. The van der Waals surface area contributed by atoms with Crippen LogP contribution in [-0.4, -0.2) is 31.6 Å². The summed E-state index contributed by atoms with van der Waals surface area (Å²) in [6.07, 6.45) is -1.47. The standard InChI is InChI=1S/C16H25F2N3O/c1-4-12(3)21-16(19-5-2)20-10-13-7-6-8-14(9-13)22-11-15(17)18/h6-9,12,15H,4-5,10-11H2,1-3H3,(H2,19,20,21). The molecule has 4 nitrogen and oxygen atoms in total. The molecular formula is C16H25F2N3O. The van der Waals surface area contributed by atoms with E-state index in [1.54, 1.807) is 18.2 Å². The van der Waals surface area contributed by atoms with Crippen molar-refractivity contribution in [3.05, 3.63) is 29.8 Å². The number of hydrogen-bond donors (Lipinski definition) is 2. The van der Waals surface area contributed by atoms with Crippen LogP contribution in [0.3, 0.4) is 0 Å². The first kappa shape index (κ1) is 18.2. The Hall–Kier alpha value is -1.85. The van der Waals surface area contributed by atoms with Gasteiger partial charge in [0.05, 0.1) is 6.54 Å². The van der Waals surface area contributed by atoms with E-state index in [9.17, 15) is 8.78 Å². The Balaban J connectivity index is 2.66. The minimum Gasteiger partial charge on any atom is -0.488 e. The molecule has 1 unspecified atom stereocenters. The average molecular weight is 313 g/mol. The SMILES string of the molecule is CCNC(=NCc1cccc(OCC(F)F)c1)NC(C)CC. The Kier molecular flexibility index (Phi) is 8.25. The number of rotatable bonds is 8. The maximum Gasteiger partial charge on any atom is 0.272 e. The first-order valence-electron chi connectivity index (χ1n) is 7.59. The summed E-state index contributed by atoms with van der Waals surface area (Å²) in [5.74, 6) is 1.18. The number of nitrogens with zero attached hydrogens (tertiary/aromatic N) is 1. The molecule has 0 aromatic heterocycles. The summed E-state index contributed by atoms with van der Waals surface area (Å²) in [5.41, 5.74) is 0.910. The van der Waals surface area contributed by atoms with Gasteiger partial charge in [-0.15, -0.1) is 0 Å². The molecule has 0 aliphatic carbocycles. The fraction of sp³-hybridized carbons (Fsp3) is 0.562. The Morgan fingerprint density at radius 2 is 2.09 bits per heavy atom. The molecule has 0 radical (unpaired) electrons. The highest BCUT2D eigenvalue weighted by molar-refractivity contribution is 5.80. The van der Waals surface area contributed by atoms with Crippen LogP contribution in [0.1, 0.15) is 32.8 Å². The van der Waals surface area contributed by atoms with E-state index in [1.807, 2.05) is 13.0 Å². The van der Waals surface area contributed by atoms with Crippen molar-refractivity contribution < 1.29 is 13.5 Å². The van der Waals surface area contributed by atoms with Crippen LogP contribution in [-0.2, 0) is 6.54 Å². The van der Waals surface area contributed by atoms with Crippen molar-refractivity contribution in [2.75, 3.05) is 13.2 Å². The van der Waals surface area contributed by atoms with Crippen molar-refractivity contribution in [1.82, 2.24) is 10.6 Å². The van der Waals surface area contributed by atoms with Crippen LogP contribution in [0.25, 0.3) is 0 Å². The van der Waals surface area contributed by atoms with Gasteiger partial charge in [-0.3, -0.25) is 0 Å². The summed E-state index contributed by atoms with van der Waals surface area (Å²) in [5, 5.41) is 6.48. The lowest BCUT2D eigenvalue weighted by Gasteiger charge is -2.16. The summed E-state index contributed by atoms with van der Waals surface area (Å²) in [7, 11) is 0.